The van der Waals surface area contributed by atoms with Gasteiger partial charge in [-0.3, -0.25) is 9.89 Å². The fourth-order valence-electron chi connectivity index (χ4n) is 1.77. The van der Waals surface area contributed by atoms with Crippen LogP contribution in [0.15, 0.2) is 36.4 Å². The average Bonchev–Trinajstić information content (AvgIpc) is 2.77. The molecule has 0 bridgehead atoms. The number of hydrogen-bond donors (Lipinski definition) is 3. The lowest BCUT2D eigenvalue weighted by atomic mass is 10.1. The van der Waals surface area contributed by atoms with Crippen LogP contribution in [0.1, 0.15) is 23.0 Å². The molecule has 0 aliphatic heterocycles. The molecule has 1 amide bonds. The molecule has 94 valence electrons. The summed E-state index contributed by atoms with van der Waals surface area (Å²) in [6.45, 7) is 1.96. The van der Waals surface area contributed by atoms with E-state index < -0.39 is 0 Å². The predicted octanol–water partition coefficient (Wildman–Crippen LogP) is 1.35. The number of aromatic nitrogens is 2. The van der Waals surface area contributed by atoms with Crippen molar-refractivity contribution >= 4 is 11.7 Å². The third-order valence-electron chi connectivity index (χ3n) is 2.60. The standard InChI is InChI=1S/C13H16N4O/c1-9(7-10-5-3-2-4-6-10)15-13(18)11-8-12(14)17-16-11/h2-6,8-9H,7H2,1H3,(H,15,18)(H3,14,16,17). The van der Waals surface area contributed by atoms with Crippen LogP contribution in [0.25, 0.3) is 0 Å². The lowest BCUT2D eigenvalue weighted by Crippen LogP contribution is -2.34. The summed E-state index contributed by atoms with van der Waals surface area (Å²) in [4.78, 5) is 11.8. The van der Waals surface area contributed by atoms with E-state index in [1.165, 1.54) is 11.6 Å². The Morgan fingerprint density at radius 3 is 2.78 bits per heavy atom. The number of rotatable bonds is 4. The van der Waals surface area contributed by atoms with Gasteiger partial charge in [0.25, 0.3) is 5.91 Å². The van der Waals surface area contributed by atoms with Crippen LogP contribution < -0.4 is 11.1 Å². The third-order valence-corrected chi connectivity index (χ3v) is 2.60. The van der Waals surface area contributed by atoms with Crippen molar-refractivity contribution in [3.8, 4) is 0 Å². The molecule has 0 spiro atoms. The van der Waals surface area contributed by atoms with Crippen molar-refractivity contribution in [2.75, 3.05) is 5.73 Å². The van der Waals surface area contributed by atoms with Crippen LogP contribution >= 0.6 is 0 Å². The number of nitrogens with zero attached hydrogens (tertiary/aromatic N) is 1. The second-order valence-electron chi connectivity index (χ2n) is 4.27. The number of nitrogens with two attached hydrogens (primary N) is 1. The Hall–Kier alpha value is -2.30. The lowest BCUT2D eigenvalue weighted by Gasteiger charge is -2.13. The zero-order valence-electron chi connectivity index (χ0n) is 10.2. The summed E-state index contributed by atoms with van der Waals surface area (Å²) < 4.78 is 0. The van der Waals surface area contributed by atoms with E-state index in [-0.39, 0.29) is 11.9 Å². The van der Waals surface area contributed by atoms with Crippen LogP contribution in [-0.4, -0.2) is 22.1 Å². The van der Waals surface area contributed by atoms with Crippen LogP contribution in [0.2, 0.25) is 0 Å². The maximum absolute atomic E-state index is 11.8. The van der Waals surface area contributed by atoms with Gasteiger partial charge in [0, 0.05) is 12.1 Å². The van der Waals surface area contributed by atoms with E-state index in [1.807, 2.05) is 37.3 Å². The molecule has 2 aromatic rings. The molecular weight excluding hydrogens is 228 g/mol. The highest BCUT2D eigenvalue weighted by molar-refractivity contribution is 5.93. The van der Waals surface area contributed by atoms with E-state index in [9.17, 15) is 4.79 Å². The van der Waals surface area contributed by atoms with Gasteiger partial charge in [0.15, 0.2) is 0 Å². The largest absolute Gasteiger partial charge is 0.382 e. The maximum atomic E-state index is 11.8. The van der Waals surface area contributed by atoms with Crippen molar-refractivity contribution in [3.05, 3.63) is 47.7 Å². The summed E-state index contributed by atoms with van der Waals surface area (Å²) in [6.07, 6.45) is 0.788. The van der Waals surface area contributed by atoms with Gasteiger partial charge < -0.3 is 11.1 Å². The van der Waals surface area contributed by atoms with E-state index in [4.69, 9.17) is 5.73 Å². The molecule has 0 saturated carbocycles. The minimum absolute atomic E-state index is 0.0458. The Balaban J connectivity index is 1.92. The highest BCUT2D eigenvalue weighted by Gasteiger charge is 2.12. The van der Waals surface area contributed by atoms with Crippen LogP contribution in [0.3, 0.4) is 0 Å². The Morgan fingerprint density at radius 1 is 1.44 bits per heavy atom. The van der Waals surface area contributed by atoms with Crippen molar-refractivity contribution in [2.45, 2.75) is 19.4 Å². The average molecular weight is 244 g/mol. The van der Waals surface area contributed by atoms with E-state index in [2.05, 4.69) is 15.5 Å². The zero-order valence-corrected chi connectivity index (χ0v) is 10.2. The van der Waals surface area contributed by atoms with Gasteiger partial charge in [-0.1, -0.05) is 30.3 Å². The number of carbonyl (C=O) groups excluding carboxylic acids is 1. The van der Waals surface area contributed by atoms with Crippen molar-refractivity contribution < 1.29 is 4.79 Å². The molecule has 1 aromatic carbocycles. The number of amides is 1. The van der Waals surface area contributed by atoms with Gasteiger partial charge in [0.2, 0.25) is 0 Å². The zero-order chi connectivity index (χ0) is 13.0. The van der Waals surface area contributed by atoms with Gasteiger partial charge in [0.05, 0.1) is 0 Å². The van der Waals surface area contributed by atoms with E-state index in [1.54, 1.807) is 0 Å². The number of nitrogens with one attached hydrogen (secondary N) is 2. The molecule has 1 atom stereocenters. The van der Waals surface area contributed by atoms with Crippen molar-refractivity contribution in [1.29, 1.82) is 0 Å². The minimum atomic E-state index is -0.192. The summed E-state index contributed by atoms with van der Waals surface area (Å²) >= 11 is 0. The SMILES string of the molecule is CC(Cc1ccccc1)NC(=O)c1cc(N)n[nH]1. The second kappa shape index (κ2) is 5.35. The number of H-pyrrole nitrogens is 1. The molecule has 5 heteroatoms. The molecule has 0 aliphatic carbocycles. The van der Waals surface area contributed by atoms with Gasteiger partial charge in [-0.25, -0.2) is 0 Å². The van der Waals surface area contributed by atoms with Crippen LogP contribution in [0.5, 0.6) is 0 Å². The van der Waals surface area contributed by atoms with Gasteiger partial charge in [-0.05, 0) is 18.9 Å². The minimum Gasteiger partial charge on any atom is -0.382 e. The number of benzene rings is 1. The van der Waals surface area contributed by atoms with Gasteiger partial charge in [0.1, 0.15) is 11.5 Å². The number of anilines is 1. The molecule has 18 heavy (non-hydrogen) atoms. The molecule has 1 aromatic heterocycles. The monoisotopic (exact) mass is 244 g/mol. The van der Waals surface area contributed by atoms with Crippen LogP contribution in [-0.2, 0) is 6.42 Å². The fraction of sp³-hybridized carbons (Fsp3) is 0.231. The summed E-state index contributed by atoms with van der Waals surface area (Å²) in [7, 11) is 0. The quantitative estimate of drug-likeness (QED) is 0.759. The Kier molecular flexibility index (Phi) is 3.62. The summed E-state index contributed by atoms with van der Waals surface area (Å²) in [5.41, 5.74) is 7.02. The smallest absolute Gasteiger partial charge is 0.269 e. The number of carbonyl (C=O) groups is 1. The van der Waals surface area contributed by atoms with E-state index >= 15 is 0 Å². The normalized spacial score (nSPS) is 12.1. The maximum Gasteiger partial charge on any atom is 0.269 e. The molecule has 0 radical (unpaired) electrons. The van der Waals surface area contributed by atoms with Crippen LogP contribution in [0, 0.1) is 0 Å². The van der Waals surface area contributed by atoms with Crippen molar-refractivity contribution in [3.63, 3.8) is 0 Å². The number of aromatic amines is 1. The molecule has 0 aliphatic rings. The highest BCUT2D eigenvalue weighted by Crippen LogP contribution is 2.04. The summed E-state index contributed by atoms with van der Waals surface area (Å²) in [6, 6.07) is 11.6. The van der Waals surface area contributed by atoms with Gasteiger partial charge in [-0.2, -0.15) is 5.10 Å². The Morgan fingerprint density at radius 2 is 2.17 bits per heavy atom. The van der Waals surface area contributed by atoms with Gasteiger partial charge >= 0.3 is 0 Å². The highest BCUT2D eigenvalue weighted by atomic mass is 16.2. The third kappa shape index (κ3) is 3.10. The lowest BCUT2D eigenvalue weighted by molar-refractivity contribution is 0.0935. The molecule has 4 N–H and O–H groups in total. The Labute approximate surface area is 105 Å². The number of hydrogen-bond acceptors (Lipinski definition) is 3. The fourth-order valence-corrected chi connectivity index (χ4v) is 1.77. The molecule has 5 nitrogen and oxygen atoms in total. The first-order chi connectivity index (χ1) is 8.65. The molecule has 0 saturated heterocycles. The molecule has 0 fully saturated rings. The molecule has 1 unspecified atom stereocenters. The first-order valence-corrected chi connectivity index (χ1v) is 5.81. The molecule has 1 heterocycles. The topological polar surface area (TPSA) is 83.8 Å². The first kappa shape index (κ1) is 12.2. The molecule has 2 rings (SSSR count). The summed E-state index contributed by atoms with van der Waals surface area (Å²) in [5, 5.41) is 9.20. The van der Waals surface area contributed by atoms with Crippen molar-refractivity contribution in [1.82, 2.24) is 15.5 Å². The summed E-state index contributed by atoms with van der Waals surface area (Å²) in [5.74, 6) is 0.124. The number of nitrogen functional groups attached to an aromatic ring is 1. The first-order valence-electron chi connectivity index (χ1n) is 5.81. The van der Waals surface area contributed by atoms with E-state index in [0.29, 0.717) is 11.5 Å². The van der Waals surface area contributed by atoms with Crippen LogP contribution in [0.4, 0.5) is 5.82 Å². The molecular formula is C13H16N4O. The van der Waals surface area contributed by atoms with Gasteiger partial charge in [-0.15, -0.1) is 0 Å². The second-order valence-corrected chi connectivity index (χ2v) is 4.27. The predicted molar refractivity (Wildman–Crippen MR) is 70.1 cm³/mol. The van der Waals surface area contributed by atoms with Crippen molar-refractivity contribution in [2.24, 2.45) is 0 Å². The van der Waals surface area contributed by atoms with E-state index in [0.717, 1.165) is 6.42 Å². The Bertz CT molecular complexity index is 521.